The van der Waals surface area contributed by atoms with Crippen LogP contribution in [0.25, 0.3) is 6.08 Å². The predicted molar refractivity (Wildman–Crippen MR) is 155 cm³/mol. The van der Waals surface area contributed by atoms with Crippen molar-refractivity contribution in [3.05, 3.63) is 129 Å². The third-order valence-corrected chi connectivity index (χ3v) is 6.31. The van der Waals surface area contributed by atoms with Crippen molar-refractivity contribution in [2.75, 3.05) is 6.79 Å². The van der Waals surface area contributed by atoms with Gasteiger partial charge in [0, 0.05) is 15.6 Å². The third-order valence-electron chi connectivity index (χ3n) is 5.82. The van der Waals surface area contributed by atoms with E-state index in [1.165, 1.54) is 6.21 Å². The largest absolute Gasteiger partial charge is 0.488 e. The average molecular weight is 598 g/mol. The van der Waals surface area contributed by atoms with Crippen LogP contribution in [0.4, 0.5) is 0 Å². The normalized spacial score (nSPS) is 12.3. The number of rotatable bonds is 9. The molecule has 2 amide bonds. The molecule has 1 aliphatic heterocycles. The molecular weight excluding hydrogens is 574 g/mol. The summed E-state index contributed by atoms with van der Waals surface area (Å²) in [6, 6.07) is 29.2. The van der Waals surface area contributed by atoms with Crippen LogP contribution in [0.2, 0.25) is 0 Å². The summed E-state index contributed by atoms with van der Waals surface area (Å²) in [5.41, 5.74) is 5.22. The van der Waals surface area contributed by atoms with Gasteiger partial charge in [0.15, 0.2) is 11.5 Å². The lowest BCUT2D eigenvalue weighted by Gasteiger charge is -2.11. The first-order chi connectivity index (χ1) is 19.5. The second-order valence-electron chi connectivity index (χ2n) is 8.65. The van der Waals surface area contributed by atoms with E-state index in [-0.39, 0.29) is 12.5 Å². The summed E-state index contributed by atoms with van der Waals surface area (Å²) in [4.78, 5) is 26.1. The lowest BCUT2D eigenvalue weighted by Crippen LogP contribution is -2.32. The van der Waals surface area contributed by atoms with Gasteiger partial charge < -0.3 is 19.5 Å². The summed E-state index contributed by atoms with van der Waals surface area (Å²) >= 11 is 3.46. The molecule has 8 nitrogen and oxygen atoms in total. The zero-order valence-corrected chi connectivity index (χ0v) is 22.8. The number of ether oxygens (including phenoxy) is 3. The highest BCUT2D eigenvalue weighted by molar-refractivity contribution is 9.10. The zero-order valence-electron chi connectivity index (χ0n) is 21.2. The topological polar surface area (TPSA) is 98.2 Å². The molecule has 0 aromatic heterocycles. The van der Waals surface area contributed by atoms with E-state index >= 15 is 0 Å². The molecule has 1 heterocycles. The number of hydrogen-bond acceptors (Lipinski definition) is 6. The minimum atomic E-state index is -0.611. The molecule has 0 bridgehead atoms. The Kier molecular flexibility index (Phi) is 8.53. The van der Waals surface area contributed by atoms with Crippen molar-refractivity contribution in [3.63, 3.8) is 0 Å². The van der Waals surface area contributed by atoms with Gasteiger partial charge in [-0.25, -0.2) is 5.43 Å². The van der Waals surface area contributed by atoms with E-state index in [1.807, 2.05) is 48.5 Å². The molecule has 9 heteroatoms. The van der Waals surface area contributed by atoms with Gasteiger partial charge in [-0.3, -0.25) is 9.59 Å². The summed E-state index contributed by atoms with van der Waals surface area (Å²) in [6.45, 7) is 0.506. The van der Waals surface area contributed by atoms with Gasteiger partial charge in [-0.1, -0.05) is 70.5 Å². The molecule has 40 heavy (non-hydrogen) atoms. The van der Waals surface area contributed by atoms with E-state index in [4.69, 9.17) is 14.2 Å². The fourth-order valence-corrected chi connectivity index (χ4v) is 4.20. The molecule has 0 atom stereocenters. The molecule has 0 unspecified atom stereocenters. The number of carbonyl (C=O) groups excluding carboxylic acids is 2. The van der Waals surface area contributed by atoms with E-state index in [2.05, 4.69) is 31.8 Å². The fraction of sp³-hybridized carbons (Fsp3) is 0.0645. The fourth-order valence-electron chi connectivity index (χ4n) is 3.82. The smallest absolute Gasteiger partial charge is 0.287 e. The Morgan fingerprint density at radius 2 is 1.65 bits per heavy atom. The number of benzene rings is 4. The minimum absolute atomic E-state index is 0.000313. The van der Waals surface area contributed by atoms with Crippen molar-refractivity contribution in [3.8, 4) is 17.2 Å². The van der Waals surface area contributed by atoms with Crippen LogP contribution in [0.3, 0.4) is 0 Å². The monoisotopic (exact) mass is 597 g/mol. The second-order valence-corrected chi connectivity index (χ2v) is 9.56. The van der Waals surface area contributed by atoms with Crippen molar-refractivity contribution in [2.45, 2.75) is 6.61 Å². The number of nitrogens with one attached hydrogen (secondary N) is 2. The van der Waals surface area contributed by atoms with Crippen LogP contribution >= 0.6 is 15.9 Å². The first kappa shape index (κ1) is 26.7. The molecule has 4 aromatic rings. The van der Waals surface area contributed by atoms with Crippen molar-refractivity contribution < 1.29 is 23.8 Å². The van der Waals surface area contributed by atoms with Crippen molar-refractivity contribution >= 4 is 40.0 Å². The molecule has 2 N–H and O–H groups in total. The van der Waals surface area contributed by atoms with Crippen molar-refractivity contribution in [1.29, 1.82) is 0 Å². The average Bonchev–Trinajstić information content (AvgIpc) is 3.45. The maximum Gasteiger partial charge on any atom is 0.287 e. The van der Waals surface area contributed by atoms with E-state index in [9.17, 15) is 9.59 Å². The zero-order chi connectivity index (χ0) is 27.7. The van der Waals surface area contributed by atoms with Gasteiger partial charge in [0.2, 0.25) is 6.79 Å². The minimum Gasteiger partial charge on any atom is -0.488 e. The summed E-state index contributed by atoms with van der Waals surface area (Å²) in [7, 11) is 0. The van der Waals surface area contributed by atoms with Crippen LogP contribution in [0.15, 0.2) is 112 Å². The summed E-state index contributed by atoms with van der Waals surface area (Å²) in [5, 5.41) is 6.83. The number of carbonyl (C=O) groups is 2. The quantitative estimate of drug-likeness (QED) is 0.147. The Hall–Kier alpha value is -4.89. The molecule has 0 spiro atoms. The summed E-state index contributed by atoms with van der Waals surface area (Å²) in [6.07, 6.45) is 3.03. The van der Waals surface area contributed by atoms with Gasteiger partial charge in [0.25, 0.3) is 11.8 Å². The highest BCUT2D eigenvalue weighted by atomic mass is 79.9. The van der Waals surface area contributed by atoms with E-state index < -0.39 is 11.8 Å². The van der Waals surface area contributed by atoms with Gasteiger partial charge in [0.1, 0.15) is 18.1 Å². The van der Waals surface area contributed by atoms with Crippen LogP contribution in [-0.4, -0.2) is 24.8 Å². The molecule has 0 aliphatic carbocycles. The van der Waals surface area contributed by atoms with E-state index in [0.717, 1.165) is 10.0 Å². The van der Waals surface area contributed by atoms with Crippen LogP contribution < -0.4 is 25.0 Å². The highest BCUT2D eigenvalue weighted by Crippen LogP contribution is 2.33. The Balaban J connectivity index is 1.34. The number of fused-ring (bicyclic) bond motifs is 1. The first-order valence-corrected chi connectivity index (χ1v) is 13.1. The molecule has 1 aliphatic rings. The van der Waals surface area contributed by atoms with Crippen molar-refractivity contribution in [2.24, 2.45) is 5.10 Å². The van der Waals surface area contributed by atoms with Crippen molar-refractivity contribution in [1.82, 2.24) is 10.7 Å². The van der Waals surface area contributed by atoms with Crippen LogP contribution in [0.1, 0.15) is 27.0 Å². The standard InChI is InChI=1S/C31H24BrN3O5/c32-25-12-14-27(38-19-21-7-3-1-4-8-21)24(17-25)18-33-35-31(37)26(34-30(36)23-9-5-2-6-10-23)15-22-11-13-28-29(16-22)40-20-39-28/h1-18H,19-20H2,(H,34,36)(H,35,37). The van der Waals surface area contributed by atoms with Crippen LogP contribution in [-0.2, 0) is 11.4 Å². The first-order valence-electron chi connectivity index (χ1n) is 12.3. The van der Waals surface area contributed by atoms with E-state index in [1.54, 1.807) is 54.6 Å². The predicted octanol–water partition coefficient (Wildman–Crippen LogP) is 5.68. The Morgan fingerprint density at radius 1 is 0.900 bits per heavy atom. The Bertz CT molecular complexity index is 1570. The maximum atomic E-state index is 13.2. The van der Waals surface area contributed by atoms with Gasteiger partial charge in [-0.2, -0.15) is 5.10 Å². The molecule has 0 radical (unpaired) electrons. The summed E-state index contributed by atoms with van der Waals surface area (Å²) < 4.78 is 17.6. The molecule has 200 valence electrons. The second kappa shape index (κ2) is 12.8. The third kappa shape index (κ3) is 6.95. The number of hydrogen-bond donors (Lipinski definition) is 2. The van der Waals surface area contributed by atoms with E-state index in [0.29, 0.717) is 40.5 Å². The van der Waals surface area contributed by atoms with Gasteiger partial charge in [0.05, 0.1) is 6.21 Å². The lowest BCUT2D eigenvalue weighted by atomic mass is 10.1. The van der Waals surface area contributed by atoms with Gasteiger partial charge >= 0.3 is 0 Å². The molecule has 5 rings (SSSR count). The molecule has 0 saturated heterocycles. The molecule has 0 saturated carbocycles. The van der Waals surface area contributed by atoms with Gasteiger partial charge in [-0.15, -0.1) is 0 Å². The van der Waals surface area contributed by atoms with Crippen LogP contribution in [0, 0.1) is 0 Å². The number of nitrogens with zero attached hydrogens (tertiary/aromatic N) is 1. The van der Waals surface area contributed by atoms with Crippen LogP contribution in [0.5, 0.6) is 17.2 Å². The Morgan fingerprint density at radius 3 is 2.45 bits per heavy atom. The SMILES string of the molecule is O=C(NN=Cc1cc(Br)ccc1OCc1ccccc1)C(=Cc1ccc2c(c1)OCO2)NC(=O)c1ccccc1. The number of halogens is 1. The summed E-state index contributed by atoms with van der Waals surface area (Å²) in [5.74, 6) is 0.716. The molecule has 4 aromatic carbocycles. The number of hydrazone groups is 1. The maximum absolute atomic E-state index is 13.2. The highest BCUT2D eigenvalue weighted by Gasteiger charge is 2.17. The molecule has 0 fully saturated rings. The van der Waals surface area contributed by atoms with Gasteiger partial charge in [-0.05, 0) is 59.7 Å². The number of amides is 2. The molecular formula is C31H24BrN3O5. The lowest BCUT2D eigenvalue weighted by molar-refractivity contribution is -0.117. The Labute approximate surface area is 239 Å².